The summed E-state index contributed by atoms with van der Waals surface area (Å²) in [6.45, 7) is 1.40. The number of nitro benzene ring substituents is 1. The van der Waals surface area contributed by atoms with Crippen molar-refractivity contribution in [1.29, 1.82) is 0 Å². The maximum atomic E-state index is 12.3. The Kier molecular flexibility index (Phi) is 4.61. The van der Waals surface area contributed by atoms with E-state index in [4.69, 9.17) is 4.74 Å². The standard InChI is InChI=1S/C17H14N4O5/c1-10(16(22)18-11-5-4-6-12(9-11)21(24)25)26-17(23)15-13-7-2-3-8-14(13)19-20-15/h2-10H,1H3,(H,18,22)(H,19,20)/t10-/m1/s1. The van der Waals surface area contributed by atoms with Crippen LogP contribution in [-0.2, 0) is 9.53 Å². The van der Waals surface area contributed by atoms with Crippen LogP contribution in [0.3, 0.4) is 0 Å². The van der Waals surface area contributed by atoms with Gasteiger partial charge in [0.15, 0.2) is 11.8 Å². The van der Waals surface area contributed by atoms with Gasteiger partial charge in [-0.25, -0.2) is 4.79 Å². The van der Waals surface area contributed by atoms with Crippen molar-refractivity contribution in [3.05, 3.63) is 64.3 Å². The van der Waals surface area contributed by atoms with Crippen molar-refractivity contribution in [2.24, 2.45) is 0 Å². The zero-order valence-electron chi connectivity index (χ0n) is 13.6. The molecule has 0 aliphatic carbocycles. The van der Waals surface area contributed by atoms with Crippen LogP contribution in [0.15, 0.2) is 48.5 Å². The maximum Gasteiger partial charge on any atom is 0.360 e. The van der Waals surface area contributed by atoms with E-state index in [1.807, 2.05) is 0 Å². The highest BCUT2D eigenvalue weighted by Crippen LogP contribution is 2.19. The van der Waals surface area contributed by atoms with Gasteiger partial charge in [-0.15, -0.1) is 0 Å². The van der Waals surface area contributed by atoms with Gasteiger partial charge in [0.2, 0.25) is 0 Å². The van der Waals surface area contributed by atoms with E-state index >= 15 is 0 Å². The van der Waals surface area contributed by atoms with Crippen molar-refractivity contribution >= 4 is 34.2 Å². The SMILES string of the molecule is C[C@@H](OC(=O)c1n[nH]c2ccccc12)C(=O)Nc1cccc([N+](=O)[O-])c1. The number of ether oxygens (including phenoxy) is 1. The predicted octanol–water partition coefficient (Wildman–Crippen LogP) is 2.66. The summed E-state index contributed by atoms with van der Waals surface area (Å²) in [7, 11) is 0. The van der Waals surface area contributed by atoms with Gasteiger partial charge < -0.3 is 10.1 Å². The quantitative estimate of drug-likeness (QED) is 0.412. The number of nitro groups is 1. The number of para-hydroxylation sites is 1. The van der Waals surface area contributed by atoms with Crippen molar-refractivity contribution in [1.82, 2.24) is 10.2 Å². The van der Waals surface area contributed by atoms with E-state index < -0.39 is 22.9 Å². The summed E-state index contributed by atoms with van der Waals surface area (Å²) in [5.74, 6) is -1.36. The number of amides is 1. The van der Waals surface area contributed by atoms with Crippen molar-refractivity contribution in [2.75, 3.05) is 5.32 Å². The molecule has 1 amide bonds. The second-order valence-corrected chi connectivity index (χ2v) is 5.46. The van der Waals surface area contributed by atoms with Crippen molar-refractivity contribution < 1.29 is 19.2 Å². The highest BCUT2D eigenvalue weighted by atomic mass is 16.6. The first-order valence-electron chi connectivity index (χ1n) is 7.65. The number of non-ortho nitro benzene ring substituents is 1. The average molecular weight is 354 g/mol. The van der Waals surface area contributed by atoms with E-state index in [1.165, 1.54) is 31.2 Å². The third-order valence-electron chi connectivity index (χ3n) is 3.64. The Bertz CT molecular complexity index is 997. The monoisotopic (exact) mass is 354 g/mol. The van der Waals surface area contributed by atoms with E-state index in [-0.39, 0.29) is 17.1 Å². The molecule has 0 fully saturated rings. The number of hydrogen-bond donors (Lipinski definition) is 2. The number of H-pyrrole nitrogens is 1. The molecule has 2 aromatic carbocycles. The lowest BCUT2D eigenvalue weighted by Crippen LogP contribution is -2.30. The highest BCUT2D eigenvalue weighted by molar-refractivity contribution is 6.03. The van der Waals surface area contributed by atoms with E-state index in [0.29, 0.717) is 10.9 Å². The van der Waals surface area contributed by atoms with E-state index in [1.54, 1.807) is 24.3 Å². The lowest BCUT2D eigenvalue weighted by Gasteiger charge is -2.12. The van der Waals surface area contributed by atoms with Crippen LogP contribution in [0, 0.1) is 10.1 Å². The molecule has 0 spiro atoms. The number of aromatic nitrogens is 2. The smallest absolute Gasteiger partial charge is 0.360 e. The second kappa shape index (κ2) is 7.01. The number of fused-ring (bicyclic) bond motifs is 1. The zero-order chi connectivity index (χ0) is 18.7. The Morgan fingerprint density at radius 3 is 2.77 bits per heavy atom. The lowest BCUT2D eigenvalue weighted by atomic mass is 10.2. The minimum absolute atomic E-state index is 0.0793. The predicted molar refractivity (Wildman–Crippen MR) is 92.7 cm³/mol. The first-order valence-corrected chi connectivity index (χ1v) is 7.65. The van der Waals surface area contributed by atoms with E-state index in [9.17, 15) is 19.7 Å². The molecule has 0 aliphatic heterocycles. The summed E-state index contributed by atoms with van der Waals surface area (Å²) in [4.78, 5) is 34.6. The van der Waals surface area contributed by atoms with Crippen LogP contribution in [0.25, 0.3) is 10.9 Å². The molecule has 2 N–H and O–H groups in total. The van der Waals surface area contributed by atoms with Gasteiger partial charge in [0.25, 0.3) is 11.6 Å². The van der Waals surface area contributed by atoms with Crippen LogP contribution < -0.4 is 5.32 Å². The Morgan fingerprint density at radius 1 is 1.23 bits per heavy atom. The van der Waals surface area contributed by atoms with Gasteiger partial charge >= 0.3 is 5.97 Å². The van der Waals surface area contributed by atoms with Crippen LogP contribution in [0.4, 0.5) is 11.4 Å². The molecule has 3 aromatic rings. The first-order chi connectivity index (χ1) is 12.5. The summed E-state index contributed by atoms with van der Waals surface area (Å²) in [5, 5.41) is 20.5. The molecule has 26 heavy (non-hydrogen) atoms. The Balaban J connectivity index is 1.68. The first kappa shape index (κ1) is 17.1. The summed E-state index contributed by atoms with van der Waals surface area (Å²) < 4.78 is 5.15. The Labute approximate surface area is 147 Å². The molecular weight excluding hydrogens is 340 g/mol. The molecule has 0 radical (unpaired) electrons. The minimum atomic E-state index is -1.11. The molecule has 0 bridgehead atoms. The van der Waals surface area contributed by atoms with E-state index in [0.717, 1.165) is 0 Å². The molecule has 9 nitrogen and oxygen atoms in total. The number of esters is 1. The molecule has 0 aliphatic rings. The molecule has 132 valence electrons. The number of anilines is 1. The van der Waals surface area contributed by atoms with Gasteiger partial charge in [0.05, 0.1) is 10.4 Å². The van der Waals surface area contributed by atoms with Crippen LogP contribution in [-0.4, -0.2) is 33.1 Å². The summed E-state index contributed by atoms with van der Waals surface area (Å²) in [6, 6.07) is 12.5. The van der Waals surface area contributed by atoms with Crippen LogP contribution in [0.2, 0.25) is 0 Å². The molecule has 0 unspecified atom stereocenters. The van der Waals surface area contributed by atoms with Crippen molar-refractivity contribution in [3.63, 3.8) is 0 Å². The van der Waals surface area contributed by atoms with Crippen molar-refractivity contribution in [3.8, 4) is 0 Å². The third-order valence-corrected chi connectivity index (χ3v) is 3.64. The Hall–Kier alpha value is -3.75. The molecule has 0 saturated carbocycles. The average Bonchev–Trinajstić information content (AvgIpc) is 3.06. The fraction of sp³-hybridized carbons (Fsp3) is 0.118. The largest absolute Gasteiger partial charge is 0.448 e. The highest BCUT2D eigenvalue weighted by Gasteiger charge is 2.22. The second-order valence-electron chi connectivity index (χ2n) is 5.46. The van der Waals surface area contributed by atoms with Gasteiger partial charge in [-0.2, -0.15) is 5.10 Å². The normalized spacial score (nSPS) is 11.7. The van der Waals surface area contributed by atoms with Crippen LogP contribution >= 0.6 is 0 Å². The van der Waals surface area contributed by atoms with E-state index in [2.05, 4.69) is 15.5 Å². The lowest BCUT2D eigenvalue weighted by molar-refractivity contribution is -0.384. The van der Waals surface area contributed by atoms with Gasteiger partial charge in [0, 0.05) is 23.2 Å². The zero-order valence-corrected chi connectivity index (χ0v) is 13.6. The third kappa shape index (κ3) is 3.51. The fourth-order valence-corrected chi connectivity index (χ4v) is 2.33. The molecular formula is C17H14N4O5. The molecule has 1 atom stereocenters. The molecule has 9 heteroatoms. The number of aromatic amines is 1. The fourth-order valence-electron chi connectivity index (χ4n) is 2.33. The molecule has 3 rings (SSSR count). The van der Waals surface area contributed by atoms with Gasteiger partial charge in [-0.05, 0) is 19.1 Å². The minimum Gasteiger partial charge on any atom is -0.448 e. The number of rotatable bonds is 5. The molecule has 0 saturated heterocycles. The number of benzene rings is 2. The molecule has 1 aromatic heterocycles. The topological polar surface area (TPSA) is 127 Å². The van der Waals surface area contributed by atoms with Crippen LogP contribution in [0.1, 0.15) is 17.4 Å². The summed E-state index contributed by atoms with van der Waals surface area (Å²) >= 11 is 0. The molecule has 1 heterocycles. The van der Waals surface area contributed by atoms with Gasteiger partial charge in [-0.1, -0.05) is 24.3 Å². The van der Waals surface area contributed by atoms with Gasteiger partial charge in [-0.3, -0.25) is 20.0 Å². The number of nitrogens with zero attached hydrogens (tertiary/aromatic N) is 2. The van der Waals surface area contributed by atoms with Crippen molar-refractivity contribution in [2.45, 2.75) is 13.0 Å². The number of hydrogen-bond acceptors (Lipinski definition) is 6. The Morgan fingerprint density at radius 2 is 2.00 bits per heavy atom. The summed E-state index contributed by atoms with van der Waals surface area (Å²) in [6.07, 6.45) is -1.11. The maximum absolute atomic E-state index is 12.3. The number of carbonyl (C=O) groups is 2. The van der Waals surface area contributed by atoms with Gasteiger partial charge in [0.1, 0.15) is 0 Å². The number of carbonyl (C=O) groups excluding carboxylic acids is 2. The van der Waals surface area contributed by atoms with Crippen LogP contribution in [0.5, 0.6) is 0 Å². The number of nitrogens with one attached hydrogen (secondary N) is 2. The summed E-state index contributed by atoms with van der Waals surface area (Å²) in [5.41, 5.74) is 0.830.